The van der Waals surface area contributed by atoms with E-state index in [0.29, 0.717) is 11.4 Å². The molecule has 1 aliphatic carbocycles. The summed E-state index contributed by atoms with van der Waals surface area (Å²) in [6.45, 7) is 3.36. The molecule has 0 aromatic heterocycles. The third kappa shape index (κ3) is 5.29. The molecule has 1 aliphatic rings. The maximum Gasteiger partial charge on any atom is 0.326 e. The van der Waals surface area contributed by atoms with Crippen LogP contribution in [0, 0.1) is 6.92 Å². The fourth-order valence-corrected chi connectivity index (χ4v) is 4.78. The summed E-state index contributed by atoms with van der Waals surface area (Å²) in [5.74, 6) is 0.0962. The van der Waals surface area contributed by atoms with Crippen LogP contribution in [0.3, 0.4) is 0 Å². The van der Waals surface area contributed by atoms with Crippen molar-refractivity contribution in [1.82, 2.24) is 0 Å². The number of rotatable bonds is 8. The largest absolute Gasteiger partial charge is 0.490 e. The molecule has 156 valence electrons. The third-order valence-electron chi connectivity index (χ3n) is 4.92. The normalized spacial score (nSPS) is 14.6. The van der Waals surface area contributed by atoms with Gasteiger partial charge in [-0.25, -0.2) is 8.42 Å². The molecule has 29 heavy (non-hydrogen) atoms. The van der Waals surface area contributed by atoms with Gasteiger partial charge in [0.2, 0.25) is 0 Å². The lowest BCUT2D eigenvalue weighted by Gasteiger charge is -2.24. The molecule has 1 saturated carbocycles. The Labute approximate surface area is 172 Å². The fourth-order valence-electron chi connectivity index (χ4n) is 3.37. The summed E-state index contributed by atoms with van der Waals surface area (Å²) in [7, 11) is -3.93. The second-order valence-electron chi connectivity index (χ2n) is 7.15. The maximum atomic E-state index is 13.2. The molecular weight excluding hydrogens is 390 g/mol. The highest BCUT2D eigenvalue weighted by molar-refractivity contribution is 7.92. The van der Waals surface area contributed by atoms with Gasteiger partial charge < -0.3 is 9.47 Å². The fraction of sp³-hybridized carbons (Fsp3) is 0.409. The Hall–Kier alpha value is -2.54. The first-order valence-electron chi connectivity index (χ1n) is 9.92. The second-order valence-corrected chi connectivity index (χ2v) is 9.01. The molecule has 0 radical (unpaired) electrons. The van der Waals surface area contributed by atoms with Gasteiger partial charge >= 0.3 is 5.97 Å². The van der Waals surface area contributed by atoms with Gasteiger partial charge in [0, 0.05) is 0 Å². The molecule has 0 N–H and O–H groups in total. The van der Waals surface area contributed by atoms with E-state index in [-0.39, 0.29) is 17.6 Å². The van der Waals surface area contributed by atoms with Crippen LogP contribution in [0.15, 0.2) is 53.4 Å². The number of carbonyl (C=O) groups excluding carboxylic acids is 1. The second kappa shape index (κ2) is 9.31. The van der Waals surface area contributed by atoms with E-state index >= 15 is 0 Å². The van der Waals surface area contributed by atoms with Gasteiger partial charge in [-0.2, -0.15) is 0 Å². The van der Waals surface area contributed by atoms with E-state index in [0.717, 1.165) is 22.7 Å². The highest BCUT2D eigenvalue weighted by Gasteiger charge is 2.28. The molecular formula is C22H27NO5S. The minimum atomic E-state index is -3.93. The summed E-state index contributed by atoms with van der Waals surface area (Å²) in [5.41, 5.74) is 1.34. The SMILES string of the molecule is CCOC(=O)CN(c1ccc(OC2CCCC2)cc1)S(=O)(=O)c1ccc(C)cc1. The van der Waals surface area contributed by atoms with Crippen molar-refractivity contribution in [2.75, 3.05) is 17.5 Å². The lowest BCUT2D eigenvalue weighted by atomic mass is 10.2. The van der Waals surface area contributed by atoms with Gasteiger partial charge in [-0.15, -0.1) is 0 Å². The predicted molar refractivity (Wildman–Crippen MR) is 112 cm³/mol. The number of benzene rings is 2. The first-order chi connectivity index (χ1) is 13.9. The summed E-state index contributed by atoms with van der Waals surface area (Å²) in [6, 6.07) is 13.4. The molecule has 2 aromatic carbocycles. The molecule has 7 heteroatoms. The lowest BCUT2D eigenvalue weighted by molar-refractivity contribution is -0.141. The Morgan fingerprint density at radius 1 is 1.03 bits per heavy atom. The van der Waals surface area contributed by atoms with E-state index in [2.05, 4.69) is 0 Å². The minimum Gasteiger partial charge on any atom is -0.490 e. The smallest absolute Gasteiger partial charge is 0.326 e. The zero-order valence-corrected chi connectivity index (χ0v) is 17.7. The Kier molecular flexibility index (Phi) is 6.79. The molecule has 6 nitrogen and oxygen atoms in total. The van der Waals surface area contributed by atoms with E-state index in [1.54, 1.807) is 55.5 Å². The number of hydrogen-bond acceptors (Lipinski definition) is 5. The number of esters is 1. The zero-order chi connectivity index (χ0) is 20.9. The molecule has 0 heterocycles. The van der Waals surface area contributed by atoms with E-state index in [4.69, 9.17) is 9.47 Å². The number of ether oxygens (including phenoxy) is 2. The van der Waals surface area contributed by atoms with Gasteiger partial charge in [-0.1, -0.05) is 17.7 Å². The highest BCUT2D eigenvalue weighted by atomic mass is 32.2. The molecule has 2 aromatic rings. The van der Waals surface area contributed by atoms with Crippen LogP contribution >= 0.6 is 0 Å². The lowest BCUT2D eigenvalue weighted by Crippen LogP contribution is -2.36. The van der Waals surface area contributed by atoms with Gasteiger partial charge in [0.25, 0.3) is 10.0 Å². The Morgan fingerprint density at radius 3 is 2.24 bits per heavy atom. The third-order valence-corrected chi connectivity index (χ3v) is 6.70. The molecule has 0 aliphatic heterocycles. The number of anilines is 1. The highest BCUT2D eigenvalue weighted by Crippen LogP contribution is 2.28. The molecule has 0 bridgehead atoms. The standard InChI is InChI=1S/C22H27NO5S/c1-3-27-22(24)16-23(29(25,26)21-14-8-17(2)9-15-21)18-10-12-20(13-11-18)28-19-6-4-5-7-19/h8-15,19H,3-7,16H2,1-2H3. The van der Waals surface area contributed by atoms with Gasteiger partial charge in [0.05, 0.1) is 23.3 Å². The van der Waals surface area contributed by atoms with E-state index in [1.165, 1.54) is 12.8 Å². The van der Waals surface area contributed by atoms with Crippen LogP contribution in [0.1, 0.15) is 38.2 Å². The summed E-state index contributed by atoms with van der Waals surface area (Å²) < 4.78 is 38.5. The minimum absolute atomic E-state index is 0.124. The van der Waals surface area contributed by atoms with Crippen LogP contribution in [0.2, 0.25) is 0 Å². The van der Waals surface area contributed by atoms with E-state index in [1.807, 2.05) is 6.92 Å². The van der Waals surface area contributed by atoms with Crippen molar-refractivity contribution in [2.24, 2.45) is 0 Å². The van der Waals surface area contributed by atoms with Crippen molar-refractivity contribution in [3.8, 4) is 5.75 Å². The van der Waals surface area contributed by atoms with E-state index < -0.39 is 22.5 Å². The van der Waals surface area contributed by atoms with Crippen molar-refractivity contribution >= 4 is 21.7 Å². The summed E-state index contributed by atoms with van der Waals surface area (Å²) >= 11 is 0. The van der Waals surface area contributed by atoms with Gasteiger partial charge in [0.15, 0.2) is 0 Å². The number of carbonyl (C=O) groups is 1. The molecule has 0 unspecified atom stereocenters. The summed E-state index contributed by atoms with van der Waals surface area (Å²) in [5, 5.41) is 0. The average molecular weight is 418 g/mol. The van der Waals surface area contributed by atoms with Crippen molar-refractivity contribution in [1.29, 1.82) is 0 Å². The van der Waals surface area contributed by atoms with Crippen LogP contribution in [0.5, 0.6) is 5.75 Å². The van der Waals surface area contributed by atoms with Crippen molar-refractivity contribution in [3.05, 3.63) is 54.1 Å². The van der Waals surface area contributed by atoms with Crippen LogP contribution in [-0.4, -0.2) is 33.6 Å². The maximum absolute atomic E-state index is 13.2. The number of hydrogen-bond donors (Lipinski definition) is 0. The molecule has 0 saturated heterocycles. The monoisotopic (exact) mass is 417 g/mol. The molecule has 0 amide bonds. The first-order valence-corrected chi connectivity index (χ1v) is 11.4. The van der Waals surface area contributed by atoms with Gasteiger partial charge in [0.1, 0.15) is 12.3 Å². The number of nitrogens with zero attached hydrogens (tertiary/aromatic N) is 1. The molecule has 1 fully saturated rings. The topological polar surface area (TPSA) is 72.9 Å². The summed E-state index contributed by atoms with van der Waals surface area (Å²) in [6.07, 6.45) is 4.64. The zero-order valence-electron chi connectivity index (χ0n) is 16.8. The Morgan fingerprint density at radius 2 is 1.66 bits per heavy atom. The Balaban J connectivity index is 1.88. The van der Waals surface area contributed by atoms with Crippen LogP contribution in [0.25, 0.3) is 0 Å². The van der Waals surface area contributed by atoms with Crippen LogP contribution in [-0.2, 0) is 19.6 Å². The quantitative estimate of drug-likeness (QED) is 0.605. The molecule has 0 spiro atoms. The average Bonchev–Trinajstić information content (AvgIpc) is 3.20. The predicted octanol–water partition coefficient (Wildman–Crippen LogP) is 4.07. The number of sulfonamides is 1. The Bertz CT molecular complexity index is 917. The molecule has 0 atom stereocenters. The number of aryl methyl sites for hydroxylation is 1. The van der Waals surface area contributed by atoms with Crippen LogP contribution < -0.4 is 9.04 Å². The van der Waals surface area contributed by atoms with Gasteiger partial charge in [-0.05, 0) is 75.9 Å². The molecule has 3 rings (SSSR count). The van der Waals surface area contributed by atoms with Gasteiger partial charge in [-0.3, -0.25) is 9.10 Å². The van der Waals surface area contributed by atoms with E-state index in [9.17, 15) is 13.2 Å². The van der Waals surface area contributed by atoms with Crippen molar-refractivity contribution in [3.63, 3.8) is 0 Å². The first kappa shape index (κ1) is 21.2. The van der Waals surface area contributed by atoms with Crippen molar-refractivity contribution in [2.45, 2.75) is 50.5 Å². The summed E-state index contributed by atoms with van der Waals surface area (Å²) in [4.78, 5) is 12.2. The van der Waals surface area contributed by atoms with Crippen LogP contribution in [0.4, 0.5) is 5.69 Å². The van der Waals surface area contributed by atoms with Crippen molar-refractivity contribution < 1.29 is 22.7 Å².